The first-order chi connectivity index (χ1) is 19.3. The topological polar surface area (TPSA) is 25.2 Å². The number of aromatic nitrogens is 1. The largest absolute Gasteiger partial charge is 0.311 e. The Balaban J connectivity index is 1.55. The van der Waals surface area contributed by atoms with Crippen molar-refractivity contribution in [3.63, 3.8) is 0 Å². The van der Waals surface area contributed by atoms with Crippen molar-refractivity contribution in [3.05, 3.63) is 138 Å². The molecule has 4 heteroatoms. The number of hydrogen-bond acceptors (Lipinski definition) is 2. The van der Waals surface area contributed by atoms with Gasteiger partial charge in [-0.2, -0.15) is 0 Å². The minimum absolute atomic E-state index is 0.0305. The molecule has 0 spiro atoms. The van der Waals surface area contributed by atoms with E-state index in [2.05, 4.69) is 120 Å². The predicted molar refractivity (Wildman–Crippen MR) is 164 cm³/mol. The Labute approximate surface area is 225 Å². The SMILES string of the molecule is O=c1c2ccc3ccccc3c2c2ccc3c4c2n1-c1ccccc1B4c1ccccc1N3c1ccccc1. The van der Waals surface area contributed by atoms with E-state index in [1.54, 1.807) is 0 Å². The summed E-state index contributed by atoms with van der Waals surface area (Å²) in [6.07, 6.45) is 0. The summed E-state index contributed by atoms with van der Waals surface area (Å²) in [5, 5.41) is 5.17. The first kappa shape index (κ1) is 20.9. The molecule has 3 heterocycles. The molecule has 180 valence electrons. The molecular formula is C35H21BN2O. The Kier molecular flexibility index (Phi) is 4.02. The number of nitrogens with zero attached hydrogens (tertiary/aromatic N) is 2. The van der Waals surface area contributed by atoms with Crippen LogP contribution in [0.2, 0.25) is 0 Å². The van der Waals surface area contributed by atoms with Gasteiger partial charge in [0.2, 0.25) is 0 Å². The van der Waals surface area contributed by atoms with E-state index in [0.29, 0.717) is 0 Å². The summed E-state index contributed by atoms with van der Waals surface area (Å²) in [7, 11) is 0. The number of hydrogen-bond donors (Lipinski definition) is 0. The molecule has 3 nitrogen and oxygen atoms in total. The molecule has 0 unspecified atom stereocenters. The van der Waals surface area contributed by atoms with Gasteiger partial charge >= 0.3 is 0 Å². The molecule has 7 aromatic rings. The van der Waals surface area contributed by atoms with Crippen LogP contribution in [0.1, 0.15) is 0 Å². The van der Waals surface area contributed by atoms with Crippen LogP contribution in [0.3, 0.4) is 0 Å². The fourth-order valence-electron chi connectivity index (χ4n) is 7.05. The van der Waals surface area contributed by atoms with Crippen LogP contribution < -0.4 is 26.8 Å². The molecule has 0 bridgehead atoms. The fraction of sp³-hybridized carbons (Fsp3) is 0. The first-order valence-corrected chi connectivity index (χ1v) is 13.4. The molecule has 0 aliphatic carbocycles. The summed E-state index contributed by atoms with van der Waals surface area (Å²) in [5.74, 6) is 0. The van der Waals surface area contributed by atoms with E-state index in [9.17, 15) is 4.79 Å². The van der Waals surface area contributed by atoms with Gasteiger partial charge in [-0.25, -0.2) is 0 Å². The number of anilines is 3. The summed E-state index contributed by atoms with van der Waals surface area (Å²) in [4.78, 5) is 16.8. The van der Waals surface area contributed by atoms with Crippen molar-refractivity contribution < 1.29 is 0 Å². The van der Waals surface area contributed by atoms with E-state index in [4.69, 9.17) is 0 Å². The summed E-state index contributed by atoms with van der Waals surface area (Å²) < 4.78 is 1.98. The Bertz CT molecular complexity index is 2220. The van der Waals surface area contributed by atoms with Crippen LogP contribution in [0.4, 0.5) is 17.1 Å². The molecular weight excluding hydrogens is 475 g/mol. The maximum absolute atomic E-state index is 14.4. The fourth-order valence-corrected chi connectivity index (χ4v) is 7.05. The van der Waals surface area contributed by atoms with Gasteiger partial charge < -0.3 is 4.90 Å². The van der Waals surface area contributed by atoms with Crippen LogP contribution >= 0.6 is 0 Å². The Hall–Kier alpha value is -5.09. The third-order valence-electron chi connectivity index (χ3n) is 8.57. The zero-order valence-corrected chi connectivity index (χ0v) is 21.0. The van der Waals surface area contributed by atoms with E-state index in [-0.39, 0.29) is 12.3 Å². The lowest BCUT2D eigenvalue weighted by Gasteiger charge is -2.40. The summed E-state index contributed by atoms with van der Waals surface area (Å²) in [5.41, 5.74) is 9.05. The molecule has 9 rings (SSSR count). The van der Waals surface area contributed by atoms with Crippen molar-refractivity contribution in [1.82, 2.24) is 4.57 Å². The lowest BCUT2D eigenvalue weighted by atomic mass is 9.33. The van der Waals surface area contributed by atoms with Gasteiger partial charge in [-0.15, -0.1) is 0 Å². The molecule has 1 aromatic heterocycles. The van der Waals surface area contributed by atoms with Crippen LogP contribution in [0.25, 0.3) is 38.1 Å². The van der Waals surface area contributed by atoms with E-state index in [0.717, 1.165) is 49.5 Å². The average molecular weight is 496 g/mol. The molecule has 39 heavy (non-hydrogen) atoms. The maximum atomic E-state index is 14.4. The van der Waals surface area contributed by atoms with Crippen LogP contribution in [-0.4, -0.2) is 11.3 Å². The van der Waals surface area contributed by atoms with Gasteiger partial charge in [-0.05, 0) is 63.6 Å². The van der Waals surface area contributed by atoms with Gasteiger partial charge in [-0.1, -0.05) is 91.0 Å². The van der Waals surface area contributed by atoms with E-state index >= 15 is 0 Å². The molecule has 0 saturated heterocycles. The quantitative estimate of drug-likeness (QED) is 0.209. The van der Waals surface area contributed by atoms with E-state index in [1.807, 2.05) is 16.7 Å². The number of pyridine rings is 1. The monoisotopic (exact) mass is 496 g/mol. The van der Waals surface area contributed by atoms with Gasteiger partial charge in [0.15, 0.2) is 0 Å². The number of para-hydroxylation sites is 3. The van der Waals surface area contributed by atoms with Crippen LogP contribution in [0.15, 0.2) is 132 Å². The smallest absolute Gasteiger partial charge is 0.263 e. The third kappa shape index (κ3) is 2.60. The van der Waals surface area contributed by atoms with Gasteiger partial charge in [0.05, 0.1) is 5.52 Å². The Morgan fingerprint density at radius 2 is 1.18 bits per heavy atom. The minimum atomic E-state index is 0.0305. The van der Waals surface area contributed by atoms with Crippen molar-refractivity contribution >= 4 is 72.6 Å². The van der Waals surface area contributed by atoms with Gasteiger partial charge in [0, 0.05) is 38.9 Å². The van der Waals surface area contributed by atoms with Gasteiger partial charge in [0.25, 0.3) is 12.3 Å². The average Bonchev–Trinajstić information content (AvgIpc) is 3.00. The van der Waals surface area contributed by atoms with Gasteiger partial charge in [0.1, 0.15) is 0 Å². The van der Waals surface area contributed by atoms with Crippen LogP contribution in [-0.2, 0) is 0 Å². The zero-order chi connectivity index (χ0) is 25.7. The molecule has 2 aliphatic heterocycles. The van der Waals surface area contributed by atoms with Crippen LogP contribution in [0, 0.1) is 0 Å². The van der Waals surface area contributed by atoms with Crippen molar-refractivity contribution in [2.45, 2.75) is 0 Å². The van der Waals surface area contributed by atoms with Crippen molar-refractivity contribution in [3.8, 4) is 5.69 Å². The number of fused-ring (bicyclic) bond motifs is 9. The molecule has 0 saturated carbocycles. The summed E-state index contributed by atoms with van der Waals surface area (Å²) in [6, 6.07) is 44.6. The highest BCUT2D eigenvalue weighted by Gasteiger charge is 2.41. The second-order valence-electron chi connectivity index (χ2n) is 10.5. The maximum Gasteiger partial charge on any atom is 0.263 e. The molecule has 0 N–H and O–H groups in total. The number of rotatable bonds is 1. The highest BCUT2D eigenvalue weighted by molar-refractivity contribution is 7.00. The molecule has 0 fully saturated rings. The molecule has 2 aliphatic rings. The molecule has 0 radical (unpaired) electrons. The highest BCUT2D eigenvalue weighted by Crippen LogP contribution is 2.40. The predicted octanol–water partition coefficient (Wildman–Crippen LogP) is 5.91. The van der Waals surface area contributed by atoms with Crippen molar-refractivity contribution in [2.75, 3.05) is 4.90 Å². The summed E-state index contributed by atoms with van der Waals surface area (Å²) in [6.45, 7) is 0.0305. The second-order valence-corrected chi connectivity index (χ2v) is 10.5. The third-order valence-corrected chi connectivity index (χ3v) is 8.57. The van der Waals surface area contributed by atoms with Crippen molar-refractivity contribution in [1.29, 1.82) is 0 Å². The molecule has 0 amide bonds. The lowest BCUT2D eigenvalue weighted by Crippen LogP contribution is -2.61. The lowest BCUT2D eigenvalue weighted by molar-refractivity contribution is 1.07. The Morgan fingerprint density at radius 1 is 0.513 bits per heavy atom. The highest BCUT2D eigenvalue weighted by atomic mass is 16.1. The Morgan fingerprint density at radius 3 is 2.03 bits per heavy atom. The summed E-state index contributed by atoms with van der Waals surface area (Å²) >= 11 is 0. The standard InChI is InChI=1S/C35H21BN2O/c39-35-26-19-18-22-10-4-5-13-24(22)32(26)25-20-21-31-33-34(25)38(35)30-17-9-7-15-28(30)36(33)27-14-6-8-16-29(27)37(31)23-11-2-1-3-12-23/h1-21H. The molecule has 0 atom stereocenters. The first-order valence-electron chi connectivity index (χ1n) is 13.4. The minimum Gasteiger partial charge on any atom is -0.311 e. The van der Waals surface area contributed by atoms with E-state index in [1.165, 1.54) is 22.1 Å². The number of benzene rings is 6. The van der Waals surface area contributed by atoms with E-state index < -0.39 is 0 Å². The van der Waals surface area contributed by atoms with Crippen LogP contribution in [0.5, 0.6) is 0 Å². The van der Waals surface area contributed by atoms with Crippen molar-refractivity contribution in [2.24, 2.45) is 0 Å². The normalized spacial score (nSPS) is 13.1. The second kappa shape index (κ2) is 7.49. The van der Waals surface area contributed by atoms with Gasteiger partial charge in [-0.3, -0.25) is 9.36 Å². The molecule has 6 aromatic carbocycles. The zero-order valence-electron chi connectivity index (χ0n) is 21.0.